The number of rotatable bonds is 5. The highest BCUT2D eigenvalue weighted by molar-refractivity contribution is 5.49. The fraction of sp³-hybridized carbons (Fsp3) is 0.385. The number of ether oxygens (including phenoxy) is 2. The summed E-state index contributed by atoms with van der Waals surface area (Å²) in [6, 6.07) is 5.99. The van der Waals surface area contributed by atoms with Gasteiger partial charge in [-0.15, -0.1) is 10.2 Å². The molecule has 0 spiro atoms. The predicted octanol–water partition coefficient (Wildman–Crippen LogP) is 2.12. The molecule has 2 rings (SSSR count). The Hall–Kier alpha value is -1.88. The van der Waals surface area contributed by atoms with Crippen molar-refractivity contribution < 1.29 is 9.47 Å². The van der Waals surface area contributed by atoms with Gasteiger partial charge in [0, 0.05) is 6.61 Å². The van der Waals surface area contributed by atoms with E-state index in [4.69, 9.17) is 9.47 Å². The maximum atomic E-state index is 5.38. The summed E-state index contributed by atoms with van der Waals surface area (Å²) in [6.45, 7) is 5.08. The minimum absolute atomic E-state index is 0.438. The van der Waals surface area contributed by atoms with E-state index in [-0.39, 0.29) is 0 Å². The zero-order valence-corrected chi connectivity index (χ0v) is 10.9. The molecular weight excluding hydrogens is 230 g/mol. The van der Waals surface area contributed by atoms with E-state index in [2.05, 4.69) is 10.2 Å². The van der Waals surface area contributed by atoms with E-state index in [0.717, 1.165) is 22.8 Å². The SMILES string of the molecule is CCOCc1nncn1-c1cc(C)ccc1OC. The van der Waals surface area contributed by atoms with Crippen molar-refractivity contribution in [2.75, 3.05) is 13.7 Å². The van der Waals surface area contributed by atoms with Crippen LogP contribution in [0.5, 0.6) is 5.75 Å². The average molecular weight is 247 g/mol. The lowest BCUT2D eigenvalue weighted by molar-refractivity contribution is 0.127. The van der Waals surface area contributed by atoms with E-state index in [1.807, 2.05) is 36.6 Å². The average Bonchev–Trinajstić information content (AvgIpc) is 2.84. The Morgan fingerprint density at radius 3 is 2.89 bits per heavy atom. The van der Waals surface area contributed by atoms with Crippen molar-refractivity contribution in [2.45, 2.75) is 20.5 Å². The lowest BCUT2D eigenvalue weighted by atomic mass is 10.2. The summed E-state index contributed by atoms with van der Waals surface area (Å²) in [5.41, 5.74) is 2.08. The number of hydrogen-bond acceptors (Lipinski definition) is 4. The molecule has 18 heavy (non-hydrogen) atoms. The summed E-state index contributed by atoms with van der Waals surface area (Å²) >= 11 is 0. The van der Waals surface area contributed by atoms with E-state index in [9.17, 15) is 0 Å². The van der Waals surface area contributed by atoms with Crippen LogP contribution in [0.1, 0.15) is 18.3 Å². The molecule has 0 aliphatic carbocycles. The molecule has 0 saturated carbocycles. The van der Waals surface area contributed by atoms with E-state index in [0.29, 0.717) is 13.2 Å². The molecule has 0 saturated heterocycles. The van der Waals surface area contributed by atoms with Gasteiger partial charge in [0.1, 0.15) is 18.7 Å². The molecule has 0 bridgehead atoms. The van der Waals surface area contributed by atoms with Gasteiger partial charge in [-0.05, 0) is 31.5 Å². The maximum Gasteiger partial charge on any atom is 0.163 e. The molecule has 0 fully saturated rings. The maximum absolute atomic E-state index is 5.38. The van der Waals surface area contributed by atoms with Crippen molar-refractivity contribution in [3.63, 3.8) is 0 Å². The van der Waals surface area contributed by atoms with Crippen molar-refractivity contribution in [1.29, 1.82) is 0 Å². The Kier molecular flexibility index (Phi) is 3.94. The molecule has 96 valence electrons. The first-order valence-corrected chi connectivity index (χ1v) is 5.88. The van der Waals surface area contributed by atoms with E-state index >= 15 is 0 Å². The molecule has 0 amide bonds. The van der Waals surface area contributed by atoms with Gasteiger partial charge in [0.25, 0.3) is 0 Å². The van der Waals surface area contributed by atoms with Crippen LogP contribution in [0.15, 0.2) is 24.5 Å². The molecule has 0 unspecified atom stereocenters. The Balaban J connectivity index is 2.41. The molecule has 5 nitrogen and oxygen atoms in total. The standard InChI is InChI=1S/C13H17N3O2/c1-4-18-8-13-15-14-9-16(13)11-7-10(2)5-6-12(11)17-3/h5-7,9H,4,8H2,1-3H3. The van der Waals surface area contributed by atoms with Gasteiger partial charge in [0.2, 0.25) is 0 Å². The number of benzene rings is 1. The summed E-state index contributed by atoms with van der Waals surface area (Å²) in [5, 5.41) is 8.00. The first-order chi connectivity index (χ1) is 8.76. The molecule has 1 aromatic heterocycles. The molecule has 5 heteroatoms. The first-order valence-electron chi connectivity index (χ1n) is 5.88. The second-order valence-corrected chi connectivity index (χ2v) is 3.93. The van der Waals surface area contributed by atoms with Crippen LogP contribution < -0.4 is 4.74 Å². The highest BCUT2D eigenvalue weighted by Crippen LogP contribution is 2.24. The second kappa shape index (κ2) is 5.64. The minimum atomic E-state index is 0.438. The van der Waals surface area contributed by atoms with Gasteiger partial charge in [-0.3, -0.25) is 4.57 Å². The largest absolute Gasteiger partial charge is 0.495 e. The van der Waals surface area contributed by atoms with Crippen molar-refractivity contribution >= 4 is 0 Å². The molecule has 1 heterocycles. The van der Waals surface area contributed by atoms with Crippen LogP contribution in [0.25, 0.3) is 5.69 Å². The predicted molar refractivity (Wildman–Crippen MR) is 68.0 cm³/mol. The number of hydrogen-bond donors (Lipinski definition) is 0. The number of aromatic nitrogens is 3. The van der Waals surface area contributed by atoms with Crippen molar-refractivity contribution in [3.05, 3.63) is 35.9 Å². The minimum Gasteiger partial charge on any atom is -0.495 e. The zero-order valence-electron chi connectivity index (χ0n) is 10.9. The fourth-order valence-electron chi connectivity index (χ4n) is 1.74. The normalized spacial score (nSPS) is 10.6. The molecule has 0 aliphatic heterocycles. The van der Waals surface area contributed by atoms with Gasteiger partial charge in [0.15, 0.2) is 5.82 Å². The van der Waals surface area contributed by atoms with Gasteiger partial charge in [-0.25, -0.2) is 0 Å². The molecule has 0 aliphatic rings. The third-order valence-corrected chi connectivity index (χ3v) is 2.65. The van der Waals surface area contributed by atoms with Crippen molar-refractivity contribution in [3.8, 4) is 11.4 Å². The lowest BCUT2D eigenvalue weighted by Crippen LogP contribution is -2.05. The smallest absolute Gasteiger partial charge is 0.163 e. The monoisotopic (exact) mass is 247 g/mol. The number of methoxy groups -OCH3 is 1. The molecule has 1 aromatic carbocycles. The summed E-state index contributed by atoms with van der Waals surface area (Å²) in [5.74, 6) is 1.55. The van der Waals surface area contributed by atoms with E-state index in [1.165, 1.54) is 0 Å². The van der Waals surface area contributed by atoms with Crippen LogP contribution >= 0.6 is 0 Å². The van der Waals surface area contributed by atoms with Gasteiger partial charge in [-0.2, -0.15) is 0 Å². The van der Waals surface area contributed by atoms with Gasteiger partial charge in [0.05, 0.1) is 12.8 Å². The third kappa shape index (κ3) is 2.51. The van der Waals surface area contributed by atoms with Crippen LogP contribution in [-0.4, -0.2) is 28.5 Å². The number of nitrogens with zero attached hydrogens (tertiary/aromatic N) is 3. The lowest BCUT2D eigenvalue weighted by Gasteiger charge is -2.12. The van der Waals surface area contributed by atoms with Crippen LogP contribution in [0.2, 0.25) is 0 Å². The summed E-state index contributed by atoms with van der Waals surface area (Å²) < 4.78 is 12.6. The topological polar surface area (TPSA) is 49.2 Å². The molecule has 0 radical (unpaired) electrons. The summed E-state index contributed by atoms with van der Waals surface area (Å²) in [4.78, 5) is 0. The van der Waals surface area contributed by atoms with Crippen molar-refractivity contribution in [1.82, 2.24) is 14.8 Å². The Bertz CT molecular complexity index is 523. The molecule has 0 atom stereocenters. The van der Waals surface area contributed by atoms with Gasteiger partial charge >= 0.3 is 0 Å². The second-order valence-electron chi connectivity index (χ2n) is 3.93. The van der Waals surface area contributed by atoms with Crippen LogP contribution in [0, 0.1) is 6.92 Å². The highest BCUT2D eigenvalue weighted by atomic mass is 16.5. The van der Waals surface area contributed by atoms with Gasteiger partial charge < -0.3 is 9.47 Å². The third-order valence-electron chi connectivity index (χ3n) is 2.65. The fourth-order valence-corrected chi connectivity index (χ4v) is 1.74. The van der Waals surface area contributed by atoms with E-state index in [1.54, 1.807) is 13.4 Å². The zero-order chi connectivity index (χ0) is 13.0. The molecular formula is C13H17N3O2. The van der Waals surface area contributed by atoms with Crippen LogP contribution in [-0.2, 0) is 11.3 Å². The van der Waals surface area contributed by atoms with Crippen LogP contribution in [0.3, 0.4) is 0 Å². The summed E-state index contributed by atoms with van der Waals surface area (Å²) in [7, 11) is 1.65. The van der Waals surface area contributed by atoms with Crippen LogP contribution in [0.4, 0.5) is 0 Å². The highest BCUT2D eigenvalue weighted by Gasteiger charge is 2.11. The number of aryl methyl sites for hydroxylation is 1. The Morgan fingerprint density at radius 1 is 1.33 bits per heavy atom. The van der Waals surface area contributed by atoms with E-state index < -0.39 is 0 Å². The molecule has 2 aromatic rings. The first kappa shape index (κ1) is 12.6. The molecule has 0 N–H and O–H groups in total. The van der Waals surface area contributed by atoms with Gasteiger partial charge in [-0.1, -0.05) is 6.07 Å². The Morgan fingerprint density at radius 2 is 2.17 bits per heavy atom. The van der Waals surface area contributed by atoms with Crippen molar-refractivity contribution in [2.24, 2.45) is 0 Å². The quantitative estimate of drug-likeness (QED) is 0.812. The summed E-state index contributed by atoms with van der Waals surface area (Å²) in [6.07, 6.45) is 1.67. The Labute approximate surface area is 106 Å².